The molecule has 0 unspecified atom stereocenters. The molecule has 0 saturated heterocycles. The van der Waals surface area contributed by atoms with Crippen LogP contribution in [0, 0.1) is 5.82 Å². The lowest BCUT2D eigenvalue weighted by Gasteiger charge is -2.18. The van der Waals surface area contributed by atoms with E-state index in [2.05, 4.69) is 28.4 Å². The maximum atomic E-state index is 13.5. The molecule has 0 fully saturated rings. The van der Waals surface area contributed by atoms with Gasteiger partial charge in [0.15, 0.2) is 0 Å². The molecule has 0 saturated carbocycles. The standard InChI is InChI=1S/C19H21FN2O/c20-17-7-3-1-5-15(17)9-12-21-19(23)11-14-22-13-10-16-6-2-4-8-18(16)22/h1-8H,9-14H2,(H,21,23). The Balaban J connectivity index is 1.42. The predicted octanol–water partition coefficient (Wildman–Crippen LogP) is 2.94. The van der Waals surface area contributed by atoms with E-state index in [9.17, 15) is 9.18 Å². The molecule has 3 nitrogen and oxygen atoms in total. The van der Waals surface area contributed by atoms with Crippen molar-refractivity contribution in [2.75, 3.05) is 24.5 Å². The Hall–Kier alpha value is -2.36. The highest BCUT2D eigenvalue weighted by Crippen LogP contribution is 2.27. The van der Waals surface area contributed by atoms with Crippen molar-refractivity contribution in [2.45, 2.75) is 19.3 Å². The first-order valence-electron chi connectivity index (χ1n) is 8.07. The predicted molar refractivity (Wildman–Crippen MR) is 90.1 cm³/mol. The summed E-state index contributed by atoms with van der Waals surface area (Å²) in [6.07, 6.45) is 2.03. The van der Waals surface area contributed by atoms with E-state index in [-0.39, 0.29) is 11.7 Å². The van der Waals surface area contributed by atoms with Crippen LogP contribution < -0.4 is 10.2 Å². The molecule has 1 heterocycles. The Morgan fingerprint density at radius 1 is 1.13 bits per heavy atom. The first kappa shape index (κ1) is 15.5. The summed E-state index contributed by atoms with van der Waals surface area (Å²) in [6, 6.07) is 15.0. The third-order valence-electron chi connectivity index (χ3n) is 4.27. The first-order chi connectivity index (χ1) is 11.2. The van der Waals surface area contributed by atoms with Gasteiger partial charge >= 0.3 is 0 Å². The first-order valence-corrected chi connectivity index (χ1v) is 8.07. The molecule has 23 heavy (non-hydrogen) atoms. The van der Waals surface area contributed by atoms with Gasteiger partial charge in [0.1, 0.15) is 5.82 Å². The number of rotatable bonds is 6. The lowest BCUT2D eigenvalue weighted by molar-refractivity contribution is -0.120. The van der Waals surface area contributed by atoms with Crippen molar-refractivity contribution >= 4 is 11.6 Å². The van der Waals surface area contributed by atoms with E-state index < -0.39 is 0 Å². The monoisotopic (exact) mass is 312 g/mol. The van der Waals surface area contributed by atoms with Crippen molar-refractivity contribution < 1.29 is 9.18 Å². The number of amides is 1. The van der Waals surface area contributed by atoms with Gasteiger partial charge in [0.25, 0.3) is 0 Å². The molecule has 0 aromatic heterocycles. The quantitative estimate of drug-likeness (QED) is 0.889. The minimum Gasteiger partial charge on any atom is -0.370 e. The van der Waals surface area contributed by atoms with Crippen molar-refractivity contribution in [2.24, 2.45) is 0 Å². The van der Waals surface area contributed by atoms with Gasteiger partial charge in [-0.1, -0.05) is 36.4 Å². The molecule has 0 bridgehead atoms. The number of nitrogens with zero attached hydrogens (tertiary/aromatic N) is 1. The fourth-order valence-corrected chi connectivity index (χ4v) is 3.00. The molecule has 3 rings (SSSR count). The number of carbonyl (C=O) groups excluding carboxylic acids is 1. The molecule has 0 radical (unpaired) electrons. The average Bonchev–Trinajstić information content (AvgIpc) is 2.98. The molecule has 2 aromatic rings. The maximum absolute atomic E-state index is 13.5. The van der Waals surface area contributed by atoms with Crippen LogP contribution >= 0.6 is 0 Å². The second-order valence-electron chi connectivity index (χ2n) is 5.81. The van der Waals surface area contributed by atoms with Gasteiger partial charge in [0, 0.05) is 31.7 Å². The molecule has 1 amide bonds. The second kappa shape index (κ2) is 7.27. The van der Waals surface area contributed by atoms with Crippen LogP contribution in [0.5, 0.6) is 0 Å². The Bertz CT molecular complexity index is 687. The number of para-hydroxylation sites is 1. The highest BCUT2D eigenvalue weighted by atomic mass is 19.1. The molecule has 2 aromatic carbocycles. The summed E-state index contributed by atoms with van der Waals surface area (Å²) in [7, 11) is 0. The number of hydrogen-bond donors (Lipinski definition) is 1. The average molecular weight is 312 g/mol. The number of carbonyl (C=O) groups is 1. The van der Waals surface area contributed by atoms with Gasteiger partial charge in [-0.3, -0.25) is 4.79 Å². The summed E-state index contributed by atoms with van der Waals surface area (Å²) in [6.45, 7) is 2.17. The van der Waals surface area contributed by atoms with Crippen LogP contribution in [0.15, 0.2) is 48.5 Å². The van der Waals surface area contributed by atoms with Crippen molar-refractivity contribution in [3.8, 4) is 0 Å². The van der Waals surface area contributed by atoms with E-state index in [1.807, 2.05) is 12.1 Å². The molecular weight excluding hydrogens is 291 g/mol. The van der Waals surface area contributed by atoms with E-state index >= 15 is 0 Å². The van der Waals surface area contributed by atoms with Crippen molar-refractivity contribution in [3.05, 3.63) is 65.5 Å². The fraction of sp³-hybridized carbons (Fsp3) is 0.316. The molecule has 0 aliphatic carbocycles. The van der Waals surface area contributed by atoms with Gasteiger partial charge in [0.2, 0.25) is 5.91 Å². The zero-order valence-electron chi connectivity index (χ0n) is 13.1. The molecule has 0 spiro atoms. The Labute approximate surface area is 136 Å². The van der Waals surface area contributed by atoms with E-state index in [1.54, 1.807) is 12.1 Å². The number of halogens is 1. The summed E-state index contributed by atoms with van der Waals surface area (Å²) in [5, 5.41) is 2.87. The van der Waals surface area contributed by atoms with Gasteiger partial charge in [-0.25, -0.2) is 4.39 Å². The molecule has 4 heteroatoms. The maximum Gasteiger partial charge on any atom is 0.221 e. The van der Waals surface area contributed by atoms with Crippen molar-refractivity contribution in [1.29, 1.82) is 0 Å². The minimum atomic E-state index is -0.213. The third kappa shape index (κ3) is 3.89. The Morgan fingerprint density at radius 2 is 1.91 bits per heavy atom. The van der Waals surface area contributed by atoms with Gasteiger partial charge in [0.05, 0.1) is 0 Å². The van der Waals surface area contributed by atoms with E-state index in [0.29, 0.717) is 24.9 Å². The summed E-state index contributed by atoms with van der Waals surface area (Å²) in [4.78, 5) is 14.2. The van der Waals surface area contributed by atoms with E-state index in [1.165, 1.54) is 17.3 Å². The highest BCUT2D eigenvalue weighted by Gasteiger charge is 2.18. The lowest BCUT2D eigenvalue weighted by atomic mass is 10.1. The lowest BCUT2D eigenvalue weighted by Crippen LogP contribution is -2.31. The Morgan fingerprint density at radius 3 is 2.78 bits per heavy atom. The normalized spacial score (nSPS) is 13.0. The van der Waals surface area contributed by atoms with Crippen LogP contribution in [-0.2, 0) is 17.6 Å². The zero-order valence-corrected chi connectivity index (χ0v) is 13.1. The van der Waals surface area contributed by atoms with E-state index in [0.717, 1.165) is 19.5 Å². The van der Waals surface area contributed by atoms with Crippen molar-refractivity contribution in [3.63, 3.8) is 0 Å². The number of nitrogens with one attached hydrogen (secondary N) is 1. The van der Waals surface area contributed by atoms with Crippen LogP contribution in [-0.4, -0.2) is 25.5 Å². The third-order valence-corrected chi connectivity index (χ3v) is 4.27. The van der Waals surface area contributed by atoms with Crippen molar-refractivity contribution in [1.82, 2.24) is 5.32 Å². The fourth-order valence-electron chi connectivity index (χ4n) is 3.00. The summed E-state index contributed by atoms with van der Waals surface area (Å²) < 4.78 is 13.5. The van der Waals surface area contributed by atoms with Gasteiger partial charge < -0.3 is 10.2 Å². The molecule has 0 atom stereocenters. The largest absolute Gasteiger partial charge is 0.370 e. The topological polar surface area (TPSA) is 32.3 Å². The molecular formula is C19H21FN2O. The summed E-state index contributed by atoms with van der Waals surface area (Å²) >= 11 is 0. The second-order valence-corrected chi connectivity index (χ2v) is 5.81. The zero-order chi connectivity index (χ0) is 16.1. The summed E-state index contributed by atoms with van der Waals surface area (Å²) in [5.41, 5.74) is 3.24. The molecule has 1 aliphatic heterocycles. The molecule has 120 valence electrons. The number of anilines is 1. The minimum absolute atomic E-state index is 0.0192. The number of benzene rings is 2. The van der Waals surface area contributed by atoms with Crippen LogP contribution in [0.4, 0.5) is 10.1 Å². The number of fused-ring (bicyclic) bond motifs is 1. The molecule has 1 N–H and O–H groups in total. The molecule has 1 aliphatic rings. The highest BCUT2D eigenvalue weighted by molar-refractivity contribution is 5.76. The van der Waals surface area contributed by atoms with Crippen LogP contribution in [0.2, 0.25) is 0 Å². The van der Waals surface area contributed by atoms with Gasteiger partial charge in [-0.05, 0) is 36.1 Å². The van der Waals surface area contributed by atoms with Crippen LogP contribution in [0.1, 0.15) is 17.5 Å². The van der Waals surface area contributed by atoms with Gasteiger partial charge in [-0.15, -0.1) is 0 Å². The SMILES string of the molecule is O=C(CCN1CCc2ccccc21)NCCc1ccccc1F. The van der Waals surface area contributed by atoms with Crippen LogP contribution in [0.25, 0.3) is 0 Å². The van der Waals surface area contributed by atoms with Gasteiger partial charge in [-0.2, -0.15) is 0 Å². The van der Waals surface area contributed by atoms with E-state index in [4.69, 9.17) is 0 Å². The number of hydrogen-bond acceptors (Lipinski definition) is 2. The summed E-state index contributed by atoms with van der Waals surface area (Å²) in [5.74, 6) is -0.193. The Kier molecular flexibility index (Phi) is 4.91. The smallest absolute Gasteiger partial charge is 0.221 e. The van der Waals surface area contributed by atoms with Crippen LogP contribution in [0.3, 0.4) is 0 Å².